The minimum Gasteiger partial charge on any atom is -0.196 e. The van der Waals surface area contributed by atoms with Gasteiger partial charge >= 0.3 is 24.5 Å². The van der Waals surface area contributed by atoms with Gasteiger partial charge < -0.3 is 0 Å². The Morgan fingerprint density at radius 1 is 0.850 bits per heavy atom. The van der Waals surface area contributed by atoms with Crippen molar-refractivity contribution < 1.29 is 48.3 Å². The van der Waals surface area contributed by atoms with E-state index in [4.69, 9.17) is 0 Å². The van der Waals surface area contributed by atoms with Gasteiger partial charge in [0.2, 0.25) is 0 Å². The Balaban J connectivity index is 3.25. The molecule has 1 saturated carbocycles. The molecule has 0 aliphatic heterocycles. The molecule has 20 heavy (non-hydrogen) atoms. The molecule has 0 saturated heterocycles. The van der Waals surface area contributed by atoms with Gasteiger partial charge in [0.15, 0.2) is 0 Å². The average Bonchev–Trinajstić information content (AvgIpc) is 2.88. The highest BCUT2D eigenvalue weighted by atomic mass is 19.4. The average molecular weight is 324 g/mol. The van der Waals surface area contributed by atoms with Crippen molar-refractivity contribution in [1.29, 1.82) is 0 Å². The van der Waals surface area contributed by atoms with E-state index in [1.165, 1.54) is 0 Å². The molecule has 0 amide bonds. The third-order valence-electron chi connectivity index (χ3n) is 3.61. The molecule has 1 fully saturated rings. The Labute approximate surface area is 104 Å². The van der Waals surface area contributed by atoms with Gasteiger partial charge in [0.05, 0.1) is 11.3 Å². The molecular formula is C9H7F11. The first-order valence-electron chi connectivity index (χ1n) is 5.07. The third kappa shape index (κ3) is 2.32. The SMILES string of the molecule is C[C@H](C(F)(F)F)C1(C(F)(F)F)CC1C(F)(F)C(F)(F)F. The van der Waals surface area contributed by atoms with Crippen LogP contribution >= 0.6 is 0 Å². The summed E-state index contributed by atoms with van der Waals surface area (Å²) in [7, 11) is 0. The van der Waals surface area contributed by atoms with Gasteiger partial charge in [0.25, 0.3) is 0 Å². The Morgan fingerprint density at radius 2 is 1.25 bits per heavy atom. The molecule has 2 unspecified atom stereocenters. The number of hydrogen-bond donors (Lipinski definition) is 0. The van der Waals surface area contributed by atoms with Crippen molar-refractivity contribution in [1.82, 2.24) is 0 Å². The maximum atomic E-state index is 12.9. The van der Waals surface area contributed by atoms with Gasteiger partial charge in [0, 0.05) is 5.92 Å². The van der Waals surface area contributed by atoms with E-state index >= 15 is 0 Å². The van der Waals surface area contributed by atoms with Crippen molar-refractivity contribution >= 4 is 0 Å². The van der Waals surface area contributed by atoms with E-state index in [9.17, 15) is 48.3 Å². The van der Waals surface area contributed by atoms with Gasteiger partial charge in [-0.15, -0.1) is 0 Å². The van der Waals surface area contributed by atoms with Gasteiger partial charge in [-0.05, 0) is 6.42 Å². The van der Waals surface area contributed by atoms with Gasteiger partial charge in [-0.3, -0.25) is 0 Å². The summed E-state index contributed by atoms with van der Waals surface area (Å²) in [5.41, 5.74) is -4.11. The lowest BCUT2D eigenvalue weighted by Gasteiger charge is -2.31. The monoisotopic (exact) mass is 324 g/mol. The smallest absolute Gasteiger partial charge is 0.196 e. The van der Waals surface area contributed by atoms with Crippen molar-refractivity contribution in [3.05, 3.63) is 0 Å². The first-order valence-corrected chi connectivity index (χ1v) is 5.07. The van der Waals surface area contributed by atoms with E-state index in [-0.39, 0.29) is 6.92 Å². The standard InChI is InChI=1S/C9H7F11/c1-3(7(12,13)14)5(8(15,16)17)2-4(5)6(10,11)9(18,19)20/h3-4H,2H2,1H3/t3-,4?,5?/m0/s1. The first kappa shape index (κ1) is 17.3. The lowest BCUT2D eigenvalue weighted by Crippen LogP contribution is -2.47. The molecule has 1 aliphatic rings. The van der Waals surface area contributed by atoms with E-state index in [1.54, 1.807) is 0 Å². The zero-order valence-corrected chi connectivity index (χ0v) is 9.52. The zero-order chi connectivity index (χ0) is 16.4. The summed E-state index contributed by atoms with van der Waals surface area (Å²) in [6, 6.07) is 0. The van der Waals surface area contributed by atoms with Gasteiger partial charge in [-0.2, -0.15) is 48.3 Å². The minimum atomic E-state index is -6.34. The summed E-state index contributed by atoms with van der Waals surface area (Å²) in [6.07, 6.45) is -19.6. The quantitative estimate of drug-likeness (QED) is 0.631. The number of halogens is 11. The van der Waals surface area contributed by atoms with Crippen LogP contribution < -0.4 is 0 Å². The van der Waals surface area contributed by atoms with Crippen LogP contribution in [0.5, 0.6) is 0 Å². The molecule has 0 nitrogen and oxygen atoms in total. The molecule has 1 rings (SSSR count). The summed E-state index contributed by atoms with van der Waals surface area (Å²) in [5.74, 6) is -12.7. The predicted octanol–water partition coefficient (Wildman–Crippen LogP) is 4.95. The van der Waals surface area contributed by atoms with E-state index in [0.29, 0.717) is 0 Å². The second kappa shape index (κ2) is 4.12. The maximum Gasteiger partial charge on any atom is 0.453 e. The molecule has 0 aromatic heterocycles. The van der Waals surface area contributed by atoms with Crippen LogP contribution in [0.15, 0.2) is 0 Å². The molecule has 0 heterocycles. The van der Waals surface area contributed by atoms with Gasteiger partial charge in [-0.1, -0.05) is 6.92 Å². The molecule has 0 N–H and O–H groups in total. The van der Waals surface area contributed by atoms with Gasteiger partial charge in [0.1, 0.15) is 0 Å². The van der Waals surface area contributed by atoms with Crippen LogP contribution in [0.4, 0.5) is 48.3 Å². The zero-order valence-electron chi connectivity index (χ0n) is 9.52. The Morgan fingerprint density at radius 3 is 1.50 bits per heavy atom. The molecule has 1 aliphatic carbocycles. The van der Waals surface area contributed by atoms with E-state index < -0.39 is 48.1 Å². The Hall–Kier alpha value is -0.770. The molecule has 11 heteroatoms. The summed E-state index contributed by atoms with van der Waals surface area (Å²) in [6.45, 7) is -0.0417. The second-order valence-electron chi connectivity index (χ2n) is 4.68. The maximum absolute atomic E-state index is 12.9. The molecule has 0 spiro atoms. The Bertz CT molecular complexity index is 373. The topological polar surface area (TPSA) is 0 Å². The number of rotatable bonds is 2. The molecule has 120 valence electrons. The highest BCUT2D eigenvalue weighted by molar-refractivity contribution is 5.17. The Kier molecular flexibility index (Phi) is 3.56. The van der Waals surface area contributed by atoms with Crippen LogP contribution in [-0.4, -0.2) is 24.5 Å². The van der Waals surface area contributed by atoms with Crippen molar-refractivity contribution in [2.24, 2.45) is 17.3 Å². The summed E-state index contributed by atoms with van der Waals surface area (Å²) >= 11 is 0. The number of alkyl halides is 11. The lowest BCUT2D eigenvalue weighted by molar-refractivity contribution is -0.317. The van der Waals surface area contributed by atoms with Gasteiger partial charge in [-0.25, -0.2) is 0 Å². The fourth-order valence-corrected chi connectivity index (χ4v) is 2.26. The van der Waals surface area contributed by atoms with E-state index in [0.717, 1.165) is 0 Å². The van der Waals surface area contributed by atoms with Crippen LogP contribution in [0.3, 0.4) is 0 Å². The molecule has 3 atom stereocenters. The minimum absolute atomic E-state index is 0.0417. The summed E-state index contributed by atoms with van der Waals surface area (Å²) in [5, 5.41) is 0. The molecule has 0 aromatic carbocycles. The van der Waals surface area contributed by atoms with Crippen LogP contribution in [0.2, 0.25) is 0 Å². The highest BCUT2D eigenvalue weighted by Crippen LogP contribution is 2.74. The van der Waals surface area contributed by atoms with Crippen molar-refractivity contribution in [3.8, 4) is 0 Å². The normalized spacial score (nSPS) is 30.3. The van der Waals surface area contributed by atoms with Crippen molar-refractivity contribution in [3.63, 3.8) is 0 Å². The predicted molar refractivity (Wildman–Crippen MR) is 42.8 cm³/mol. The van der Waals surface area contributed by atoms with Crippen LogP contribution in [0.1, 0.15) is 13.3 Å². The first-order chi connectivity index (χ1) is 8.49. The second-order valence-corrected chi connectivity index (χ2v) is 4.68. The van der Waals surface area contributed by atoms with Crippen LogP contribution in [-0.2, 0) is 0 Å². The number of hydrogen-bond acceptors (Lipinski definition) is 0. The molecular weight excluding hydrogens is 317 g/mol. The lowest BCUT2D eigenvalue weighted by atomic mass is 9.85. The fourth-order valence-electron chi connectivity index (χ4n) is 2.26. The highest BCUT2D eigenvalue weighted by Gasteiger charge is 2.86. The molecule has 0 radical (unpaired) electrons. The van der Waals surface area contributed by atoms with E-state index in [2.05, 4.69) is 0 Å². The van der Waals surface area contributed by atoms with Crippen LogP contribution in [0.25, 0.3) is 0 Å². The fraction of sp³-hybridized carbons (Fsp3) is 1.00. The largest absolute Gasteiger partial charge is 0.453 e. The van der Waals surface area contributed by atoms with Crippen molar-refractivity contribution in [2.45, 2.75) is 37.8 Å². The third-order valence-corrected chi connectivity index (χ3v) is 3.61. The summed E-state index contributed by atoms with van der Waals surface area (Å²) < 4.78 is 137. The van der Waals surface area contributed by atoms with Crippen LogP contribution in [0, 0.1) is 17.3 Å². The summed E-state index contributed by atoms with van der Waals surface area (Å²) in [4.78, 5) is 0. The molecule has 0 bridgehead atoms. The molecule has 0 aromatic rings. The van der Waals surface area contributed by atoms with E-state index in [1.807, 2.05) is 0 Å². The van der Waals surface area contributed by atoms with Crippen molar-refractivity contribution in [2.75, 3.05) is 0 Å².